The second-order valence-electron chi connectivity index (χ2n) is 4.53. The summed E-state index contributed by atoms with van der Waals surface area (Å²) in [5, 5.41) is 35.5. The van der Waals surface area contributed by atoms with E-state index in [2.05, 4.69) is 0 Å². The van der Waals surface area contributed by atoms with Crippen molar-refractivity contribution >= 4 is 12.2 Å². The van der Waals surface area contributed by atoms with Gasteiger partial charge in [0.25, 0.3) is 0 Å². The second-order valence-corrected chi connectivity index (χ2v) is 4.53. The Morgan fingerprint density at radius 3 is 1.38 bits per heavy atom. The minimum atomic E-state index is 0.0146. The number of hydrogen-bond acceptors (Lipinski definition) is 4. The number of nitrogens with zero attached hydrogens (tertiary/aromatic N) is 4. The smallest absolute Gasteiger partial charge is 0.130 e. The lowest BCUT2D eigenvalue weighted by atomic mass is 9.91. The molecule has 0 heterocycles. The van der Waals surface area contributed by atoms with E-state index in [1.165, 1.54) is 12.2 Å². The summed E-state index contributed by atoms with van der Waals surface area (Å²) >= 11 is 0. The van der Waals surface area contributed by atoms with Crippen molar-refractivity contribution in [1.82, 2.24) is 0 Å². The standard InChI is InChI=1S/C17H12N4/c1-11-4-12(2)17(6-15(9-20)10-21)13(3)16(11)5-14(7-18)8-19/h4-6H,1-3H3. The van der Waals surface area contributed by atoms with Crippen molar-refractivity contribution in [2.24, 2.45) is 0 Å². The number of benzene rings is 1. The maximum atomic E-state index is 8.88. The summed E-state index contributed by atoms with van der Waals surface area (Å²) in [7, 11) is 0. The molecule has 0 spiro atoms. The lowest BCUT2D eigenvalue weighted by Crippen LogP contribution is -1.96. The topological polar surface area (TPSA) is 95.2 Å². The van der Waals surface area contributed by atoms with Crippen LogP contribution in [0.2, 0.25) is 0 Å². The Morgan fingerprint density at radius 1 is 0.762 bits per heavy atom. The summed E-state index contributed by atoms with van der Waals surface area (Å²) in [5.41, 5.74) is 4.25. The first kappa shape index (κ1) is 15.7. The highest BCUT2D eigenvalue weighted by Crippen LogP contribution is 2.26. The molecule has 1 aromatic carbocycles. The van der Waals surface area contributed by atoms with Gasteiger partial charge in [0.15, 0.2) is 0 Å². The second kappa shape index (κ2) is 6.72. The molecule has 0 fully saturated rings. The quantitative estimate of drug-likeness (QED) is 0.770. The highest BCUT2D eigenvalue weighted by atomic mass is 14.3. The molecule has 1 aromatic rings. The lowest BCUT2D eigenvalue weighted by molar-refractivity contribution is 1.28. The third kappa shape index (κ3) is 3.36. The summed E-state index contributed by atoms with van der Waals surface area (Å²) in [4.78, 5) is 0. The van der Waals surface area contributed by atoms with Gasteiger partial charge in [-0.1, -0.05) is 6.07 Å². The summed E-state index contributed by atoms with van der Waals surface area (Å²) in [6.45, 7) is 5.62. The zero-order valence-electron chi connectivity index (χ0n) is 12.0. The van der Waals surface area contributed by atoms with Gasteiger partial charge in [0.05, 0.1) is 0 Å². The van der Waals surface area contributed by atoms with E-state index in [9.17, 15) is 0 Å². The zero-order valence-corrected chi connectivity index (χ0v) is 12.0. The van der Waals surface area contributed by atoms with Crippen LogP contribution in [0.15, 0.2) is 17.2 Å². The van der Waals surface area contributed by atoms with Crippen molar-refractivity contribution in [3.05, 3.63) is 45.0 Å². The predicted octanol–water partition coefficient (Wildman–Crippen LogP) is 3.47. The fourth-order valence-electron chi connectivity index (χ4n) is 2.13. The molecule has 0 aliphatic heterocycles. The van der Waals surface area contributed by atoms with E-state index < -0.39 is 0 Å². The van der Waals surface area contributed by atoms with Crippen LogP contribution in [0.25, 0.3) is 12.2 Å². The fourth-order valence-corrected chi connectivity index (χ4v) is 2.13. The Labute approximate surface area is 124 Å². The minimum absolute atomic E-state index is 0.0146. The van der Waals surface area contributed by atoms with Gasteiger partial charge in [-0.25, -0.2) is 0 Å². The van der Waals surface area contributed by atoms with E-state index in [1.807, 2.05) is 51.1 Å². The molecule has 0 aromatic heterocycles. The highest BCUT2D eigenvalue weighted by molar-refractivity contribution is 5.74. The number of nitriles is 4. The minimum Gasteiger partial charge on any atom is -0.192 e. The van der Waals surface area contributed by atoms with Gasteiger partial charge in [0, 0.05) is 0 Å². The molecule has 0 aliphatic carbocycles. The molecule has 21 heavy (non-hydrogen) atoms. The molecule has 1 rings (SSSR count). The molecule has 0 aliphatic rings. The summed E-state index contributed by atoms with van der Waals surface area (Å²) in [6, 6.07) is 9.23. The molecule has 0 saturated heterocycles. The van der Waals surface area contributed by atoms with Gasteiger partial charge in [-0.3, -0.25) is 0 Å². The fraction of sp³-hybridized carbons (Fsp3) is 0.176. The molecule has 0 atom stereocenters. The molecule has 0 radical (unpaired) electrons. The van der Waals surface area contributed by atoms with Crippen LogP contribution in [0.1, 0.15) is 27.8 Å². The van der Waals surface area contributed by atoms with Crippen molar-refractivity contribution in [3.63, 3.8) is 0 Å². The Morgan fingerprint density at radius 2 is 1.10 bits per heavy atom. The Bertz CT molecular complexity index is 715. The molecular formula is C17H12N4. The molecule has 0 amide bonds. The number of allylic oxidation sites excluding steroid dienone is 2. The largest absolute Gasteiger partial charge is 0.192 e. The lowest BCUT2D eigenvalue weighted by Gasteiger charge is -2.12. The maximum absolute atomic E-state index is 8.88. The molecule has 0 saturated carbocycles. The van der Waals surface area contributed by atoms with Crippen molar-refractivity contribution < 1.29 is 0 Å². The van der Waals surface area contributed by atoms with Gasteiger partial charge < -0.3 is 0 Å². The number of rotatable bonds is 2. The Kier molecular flexibility index (Phi) is 5.03. The van der Waals surface area contributed by atoms with Crippen molar-refractivity contribution in [2.75, 3.05) is 0 Å². The zero-order chi connectivity index (χ0) is 16.0. The summed E-state index contributed by atoms with van der Waals surface area (Å²) in [6.07, 6.45) is 3.06. The van der Waals surface area contributed by atoms with Gasteiger partial charge >= 0.3 is 0 Å². The van der Waals surface area contributed by atoms with Crippen LogP contribution < -0.4 is 0 Å². The van der Waals surface area contributed by atoms with Gasteiger partial charge in [-0.2, -0.15) is 21.0 Å². The Hall–Kier alpha value is -3.34. The van der Waals surface area contributed by atoms with Gasteiger partial charge in [0.2, 0.25) is 0 Å². The van der Waals surface area contributed by atoms with Gasteiger partial charge in [-0.05, 0) is 60.7 Å². The monoisotopic (exact) mass is 272 g/mol. The number of hydrogen-bond donors (Lipinski definition) is 0. The molecule has 0 N–H and O–H groups in total. The van der Waals surface area contributed by atoms with E-state index in [-0.39, 0.29) is 11.1 Å². The molecular weight excluding hydrogens is 260 g/mol. The summed E-state index contributed by atoms with van der Waals surface area (Å²) in [5.74, 6) is 0. The molecule has 4 nitrogen and oxygen atoms in total. The van der Waals surface area contributed by atoms with E-state index in [1.54, 1.807) is 0 Å². The first-order valence-electron chi connectivity index (χ1n) is 6.13. The average Bonchev–Trinajstić information content (AvgIpc) is 2.47. The van der Waals surface area contributed by atoms with Crippen LogP contribution in [0, 0.1) is 66.1 Å². The number of aryl methyl sites for hydroxylation is 2. The van der Waals surface area contributed by atoms with E-state index in [0.717, 1.165) is 27.8 Å². The predicted molar refractivity (Wildman–Crippen MR) is 79.1 cm³/mol. The third-order valence-electron chi connectivity index (χ3n) is 3.15. The Balaban J connectivity index is 3.68. The van der Waals surface area contributed by atoms with Gasteiger partial charge in [-0.15, -0.1) is 0 Å². The molecule has 0 unspecified atom stereocenters. The SMILES string of the molecule is Cc1cc(C)c(C=C(C#N)C#N)c(C)c1C=C(C#N)C#N. The molecule has 100 valence electrons. The van der Waals surface area contributed by atoms with Crippen LogP contribution in [-0.2, 0) is 0 Å². The van der Waals surface area contributed by atoms with Crippen LogP contribution in [-0.4, -0.2) is 0 Å². The molecule has 4 heteroatoms. The van der Waals surface area contributed by atoms with Crippen LogP contribution in [0.4, 0.5) is 0 Å². The van der Waals surface area contributed by atoms with Crippen molar-refractivity contribution in [3.8, 4) is 24.3 Å². The molecule has 0 bridgehead atoms. The van der Waals surface area contributed by atoms with E-state index in [0.29, 0.717) is 0 Å². The first-order valence-corrected chi connectivity index (χ1v) is 6.13. The van der Waals surface area contributed by atoms with E-state index in [4.69, 9.17) is 21.0 Å². The van der Waals surface area contributed by atoms with Crippen molar-refractivity contribution in [2.45, 2.75) is 20.8 Å². The van der Waals surface area contributed by atoms with E-state index >= 15 is 0 Å². The third-order valence-corrected chi connectivity index (χ3v) is 3.15. The highest BCUT2D eigenvalue weighted by Gasteiger charge is 2.10. The normalized spacial score (nSPS) is 8.52. The van der Waals surface area contributed by atoms with Crippen LogP contribution >= 0.6 is 0 Å². The van der Waals surface area contributed by atoms with Crippen molar-refractivity contribution in [1.29, 1.82) is 21.0 Å². The first-order chi connectivity index (χ1) is 9.98. The van der Waals surface area contributed by atoms with Crippen LogP contribution in [0.3, 0.4) is 0 Å². The maximum Gasteiger partial charge on any atom is 0.130 e. The summed E-state index contributed by atoms with van der Waals surface area (Å²) < 4.78 is 0. The average molecular weight is 272 g/mol. The van der Waals surface area contributed by atoms with Gasteiger partial charge in [0.1, 0.15) is 35.4 Å². The van der Waals surface area contributed by atoms with Crippen LogP contribution in [0.5, 0.6) is 0 Å².